The minimum absolute atomic E-state index is 0.0423. The molecule has 0 atom stereocenters. The number of methoxy groups -OCH3 is 1. The van der Waals surface area contributed by atoms with E-state index in [-0.39, 0.29) is 10.7 Å². The molecular weight excluding hydrogens is 148 g/mol. The summed E-state index contributed by atoms with van der Waals surface area (Å²) in [5, 5.41) is 0. The van der Waals surface area contributed by atoms with Gasteiger partial charge in [0.15, 0.2) is 0 Å². The molecule has 0 N–H and O–H groups in total. The zero-order valence-corrected chi connectivity index (χ0v) is 7.16. The van der Waals surface area contributed by atoms with Crippen molar-refractivity contribution in [1.29, 1.82) is 0 Å². The van der Waals surface area contributed by atoms with Crippen LogP contribution < -0.4 is 0 Å². The van der Waals surface area contributed by atoms with E-state index in [1.54, 1.807) is 11.8 Å². The average molecular weight is 160 g/mol. The number of esters is 1. The molecule has 0 spiro atoms. The maximum absolute atomic E-state index is 11.0. The zero-order chi connectivity index (χ0) is 7.61. The number of ether oxygens (including phenoxy) is 1. The van der Waals surface area contributed by atoms with Gasteiger partial charge in [0.25, 0.3) is 0 Å². The largest absolute Gasteiger partial charge is 0.468 e. The summed E-state index contributed by atoms with van der Waals surface area (Å²) in [6, 6.07) is 0. The maximum Gasteiger partial charge on any atom is 0.321 e. The Bertz CT molecular complexity index is 141. The summed E-state index contributed by atoms with van der Waals surface area (Å²) in [7, 11) is 1.46. The first-order valence-corrected chi connectivity index (χ1v) is 4.46. The van der Waals surface area contributed by atoms with Gasteiger partial charge in [-0.3, -0.25) is 4.79 Å². The predicted octanol–water partition coefficient (Wildman–Crippen LogP) is 1.45. The van der Waals surface area contributed by atoms with Gasteiger partial charge in [0, 0.05) is 0 Å². The Morgan fingerprint density at radius 2 is 2.30 bits per heavy atom. The van der Waals surface area contributed by atoms with Crippen LogP contribution in [0.2, 0.25) is 0 Å². The van der Waals surface area contributed by atoms with Crippen molar-refractivity contribution in [2.75, 3.05) is 12.9 Å². The normalized spacial score (nSPS) is 20.2. The molecule has 2 nitrogen and oxygen atoms in total. The van der Waals surface area contributed by atoms with E-state index in [4.69, 9.17) is 0 Å². The number of hydrogen-bond acceptors (Lipinski definition) is 3. The second-order valence-corrected chi connectivity index (χ2v) is 4.07. The Morgan fingerprint density at radius 1 is 1.70 bits per heavy atom. The van der Waals surface area contributed by atoms with Crippen LogP contribution in [-0.4, -0.2) is 23.6 Å². The highest BCUT2D eigenvalue weighted by Gasteiger charge is 2.51. The van der Waals surface area contributed by atoms with E-state index in [0.717, 1.165) is 18.6 Å². The van der Waals surface area contributed by atoms with E-state index in [0.29, 0.717) is 0 Å². The lowest BCUT2D eigenvalue weighted by molar-refractivity contribution is -0.140. The van der Waals surface area contributed by atoms with Gasteiger partial charge >= 0.3 is 5.97 Å². The van der Waals surface area contributed by atoms with Crippen LogP contribution in [0.5, 0.6) is 0 Å². The van der Waals surface area contributed by atoms with E-state index < -0.39 is 0 Å². The van der Waals surface area contributed by atoms with Crippen molar-refractivity contribution < 1.29 is 9.53 Å². The highest BCUT2D eigenvalue weighted by atomic mass is 32.2. The van der Waals surface area contributed by atoms with E-state index in [1.165, 1.54) is 7.11 Å². The summed E-state index contributed by atoms with van der Waals surface area (Å²) in [6.07, 6.45) is 2.00. The smallest absolute Gasteiger partial charge is 0.321 e. The summed E-state index contributed by atoms with van der Waals surface area (Å²) in [6.45, 7) is 2.06. The summed E-state index contributed by atoms with van der Waals surface area (Å²) in [5.74, 6) is 0.953. The van der Waals surface area contributed by atoms with Crippen LogP contribution in [0.3, 0.4) is 0 Å². The van der Waals surface area contributed by atoms with Gasteiger partial charge in [0.05, 0.1) is 7.11 Å². The number of carbonyl (C=O) groups excluding carboxylic acids is 1. The van der Waals surface area contributed by atoms with Crippen LogP contribution in [0.1, 0.15) is 19.8 Å². The Labute approximate surface area is 65.3 Å². The Morgan fingerprint density at radius 3 is 2.60 bits per heavy atom. The second-order valence-electron chi connectivity index (χ2n) is 2.42. The van der Waals surface area contributed by atoms with E-state index >= 15 is 0 Å². The van der Waals surface area contributed by atoms with Gasteiger partial charge in [0.2, 0.25) is 0 Å². The van der Waals surface area contributed by atoms with E-state index in [9.17, 15) is 4.79 Å². The van der Waals surface area contributed by atoms with Crippen LogP contribution in [-0.2, 0) is 9.53 Å². The van der Waals surface area contributed by atoms with Gasteiger partial charge in [0.1, 0.15) is 4.75 Å². The van der Waals surface area contributed by atoms with Crippen molar-refractivity contribution in [3.05, 3.63) is 0 Å². The standard InChI is InChI=1S/C7H12O2S/c1-3-10-7(4-5-7)6(8)9-2/h3-5H2,1-2H3. The quantitative estimate of drug-likeness (QED) is 0.584. The fraction of sp³-hybridized carbons (Fsp3) is 0.857. The van der Waals surface area contributed by atoms with Crippen LogP contribution in [0, 0.1) is 0 Å². The number of carbonyl (C=O) groups is 1. The molecule has 0 unspecified atom stereocenters. The van der Waals surface area contributed by atoms with Crippen molar-refractivity contribution in [2.24, 2.45) is 0 Å². The molecule has 1 aliphatic carbocycles. The first-order valence-electron chi connectivity index (χ1n) is 3.47. The molecule has 0 radical (unpaired) electrons. The van der Waals surface area contributed by atoms with Gasteiger partial charge in [-0.15, -0.1) is 11.8 Å². The third kappa shape index (κ3) is 1.29. The lowest BCUT2D eigenvalue weighted by atomic mass is 10.4. The first-order chi connectivity index (χ1) is 4.75. The van der Waals surface area contributed by atoms with Crippen molar-refractivity contribution in [3.63, 3.8) is 0 Å². The molecule has 10 heavy (non-hydrogen) atoms. The fourth-order valence-corrected chi connectivity index (χ4v) is 2.13. The maximum atomic E-state index is 11.0. The van der Waals surface area contributed by atoms with E-state index in [2.05, 4.69) is 11.7 Å². The van der Waals surface area contributed by atoms with Crippen molar-refractivity contribution >= 4 is 17.7 Å². The SMILES string of the molecule is CCSC1(C(=O)OC)CC1. The summed E-state index contributed by atoms with van der Waals surface area (Å²) < 4.78 is 4.53. The topological polar surface area (TPSA) is 26.3 Å². The molecule has 58 valence electrons. The third-order valence-electron chi connectivity index (χ3n) is 1.68. The first kappa shape index (κ1) is 7.92. The van der Waals surface area contributed by atoms with Crippen molar-refractivity contribution in [3.8, 4) is 0 Å². The number of rotatable bonds is 3. The Hall–Kier alpha value is -0.180. The predicted molar refractivity (Wildman–Crippen MR) is 42.1 cm³/mol. The summed E-state index contributed by atoms with van der Waals surface area (Å²) in [4.78, 5) is 11.0. The van der Waals surface area contributed by atoms with Crippen LogP contribution in [0.25, 0.3) is 0 Å². The molecule has 1 rings (SSSR count). The van der Waals surface area contributed by atoms with Gasteiger partial charge in [-0.1, -0.05) is 6.92 Å². The minimum Gasteiger partial charge on any atom is -0.468 e. The molecular formula is C7H12O2S. The molecule has 0 heterocycles. The molecule has 1 fully saturated rings. The monoisotopic (exact) mass is 160 g/mol. The molecule has 1 aliphatic rings. The van der Waals surface area contributed by atoms with E-state index in [1.807, 2.05) is 0 Å². The third-order valence-corrected chi connectivity index (χ3v) is 3.10. The Balaban J connectivity index is 2.43. The average Bonchev–Trinajstić information content (AvgIpc) is 2.69. The van der Waals surface area contributed by atoms with Gasteiger partial charge in [-0.25, -0.2) is 0 Å². The molecule has 0 aromatic heterocycles. The van der Waals surface area contributed by atoms with Crippen molar-refractivity contribution in [1.82, 2.24) is 0 Å². The number of thioether (sulfide) groups is 1. The molecule has 0 aromatic carbocycles. The van der Waals surface area contributed by atoms with Gasteiger partial charge < -0.3 is 4.74 Å². The molecule has 3 heteroatoms. The minimum atomic E-state index is -0.135. The Kier molecular flexibility index (Phi) is 2.24. The van der Waals surface area contributed by atoms with Crippen LogP contribution in [0.15, 0.2) is 0 Å². The molecule has 0 bridgehead atoms. The van der Waals surface area contributed by atoms with Crippen molar-refractivity contribution in [2.45, 2.75) is 24.5 Å². The highest BCUT2D eigenvalue weighted by Crippen LogP contribution is 2.49. The molecule has 1 saturated carbocycles. The molecule has 0 aliphatic heterocycles. The number of hydrogen-bond donors (Lipinski definition) is 0. The second kappa shape index (κ2) is 2.82. The molecule has 0 amide bonds. The lowest BCUT2D eigenvalue weighted by Crippen LogP contribution is -2.20. The van der Waals surface area contributed by atoms with Gasteiger partial charge in [-0.05, 0) is 18.6 Å². The summed E-state index contributed by atoms with van der Waals surface area (Å²) >= 11 is 1.70. The molecule has 0 aromatic rings. The van der Waals surface area contributed by atoms with Gasteiger partial charge in [-0.2, -0.15) is 0 Å². The zero-order valence-electron chi connectivity index (χ0n) is 6.35. The van der Waals surface area contributed by atoms with Crippen LogP contribution in [0.4, 0.5) is 0 Å². The summed E-state index contributed by atoms with van der Waals surface area (Å²) in [5.41, 5.74) is 0. The fourth-order valence-electron chi connectivity index (χ4n) is 0.983. The highest BCUT2D eigenvalue weighted by molar-refractivity contribution is 8.01. The van der Waals surface area contributed by atoms with Crippen LogP contribution >= 0.6 is 11.8 Å². The lowest BCUT2D eigenvalue weighted by Gasteiger charge is -2.09. The molecule has 0 saturated heterocycles.